The Balaban J connectivity index is 1.48. The van der Waals surface area contributed by atoms with Gasteiger partial charge in [0.25, 0.3) is 0 Å². The highest BCUT2D eigenvalue weighted by Crippen LogP contribution is 2.40. The zero-order valence-corrected chi connectivity index (χ0v) is 23.7. The Kier molecular flexibility index (Phi) is 5.43. The number of nitrogens with zero attached hydrogens (tertiary/aromatic N) is 5. The first kappa shape index (κ1) is 24.5. The van der Waals surface area contributed by atoms with Gasteiger partial charge in [0.1, 0.15) is 27.9 Å². The van der Waals surface area contributed by atoms with E-state index in [1.807, 2.05) is 12.1 Å². The van der Waals surface area contributed by atoms with Gasteiger partial charge in [-0.3, -0.25) is 4.57 Å². The van der Waals surface area contributed by atoms with Crippen LogP contribution < -0.4 is 0 Å². The van der Waals surface area contributed by atoms with Crippen LogP contribution in [0.1, 0.15) is 0 Å². The summed E-state index contributed by atoms with van der Waals surface area (Å²) in [6.07, 6.45) is 0. The van der Waals surface area contributed by atoms with Gasteiger partial charge in [0.15, 0.2) is 0 Å². The van der Waals surface area contributed by atoms with E-state index in [1.54, 1.807) is 0 Å². The van der Waals surface area contributed by atoms with Crippen LogP contribution in [0, 0.1) is 0 Å². The van der Waals surface area contributed by atoms with Gasteiger partial charge in [-0.25, -0.2) is 4.98 Å². The fourth-order valence-corrected chi connectivity index (χ4v) is 6.45. The largest absolute Gasteiger partial charge is 0.306 e. The van der Waals surface area contributed by atoms with Gasteiger partial charge in [0.05, 0.1) is 16.7 Å². The Morgan fingerprint density at radius 2 is 0.909 bits per heavy atom. The Morgan fingerprint density at radius 1 is 0.409 bits per heavy atom. The lowest BCUT2D eigenvalue weighted by Crippen LogP contribution is -2.03. The molecule has 0 aliphatic carbocycles. The Morgan fingerprint density at radius 3 is 1.55 bits per heavy atom. The number of hydrogen-bond donors (Lipinski definition) is 0. The minimum absolute atomic E-state index is 0.829. The Bertz CT molecular complexity index is 2420. The number of aromatic nitrogens is 5. The fourth-order valence-electron chi connectivity index (χ4n) is 6.45. The van der Waals surface area contributed by atoms with Crippen molar-refractivity contribution >= 4 is 43.9 Å². The molecule has 0 aliphatic rings. The molecule has 9 aromatic rings. The van der Waals surface area contributed by atoms with E-state index in [9.17, 15) is 0 Å². The van der Waals surface area contributed by atoms with Crippen LogP contribution >= 0.6 is 0 Å². The molecule has 0 saturated heterocycles. The molecule has 0 amide bonds. The molecule has 0 fully saturated rings. The predicted octanol–water partition coefficient (Wildman–Crippen LogP) is 9.40. The van der Waals surface area contributed by atoms with Crippen molar-refractivity contribution in [1.29, 1.82) is 0 Å². The number of para-hydroxylation sites is 3. The van der Waals surface area contributed by atoms with Crippen molar-refractivity contribution < 1.29 is 0 Å². The molecule has 0 radical (unpaired) electrons. The summed E-state index contributed by atoms with van der Waals surface area (Å²) in [6.45, 7) is 0. The first-order valence-corrected chi connectivity index (χ1v) is 14.7. The third kappa shape index (κ3) is 3.69. The molecule has 9 rings (SSSR count). The monoisotopic (exact) mass is 563 g/mol. The molecule has 0 atom stereocenters. The number of hydrogen-bond acceptors (Lipinski definition) is 3. The van der Waals surface area contributed by atoms with Gasteiger partial charge < -0.3 is 4.57 Å². The van der Waals surface area contributed by atoms with Crippen LogP contribution in [0.3, 0.4) is 0 Å². The summed E-state index contributed by atoms with van der Waals surface area (Å²) in [5.41, 5.74) is 11.1. The fraction of sp³-hybridized carbons (Fsp3) is 0. The lowest BCUT2D eigenvalue weighted by molar-refractivity contribution is 1.06. The summed E-state index contributed by atoms with van der Waals surface area (Å²) in [4.78, 5) is 5.34. The number of fused-ring (bicyclic) bond motifs is 7. The van der Waals surface area contributed by atoms with Gasteiger partial charge >= 0.3 is 0 Å². The summed E-state index contributed by atoms with van der Waals surface area (Å²) in [5, 5.41) is 11.9. The zero-order chi connectivity index (χ0) is 29.0. The van der Waals surface area contributed by atoms with E-state index >= 15 is 0 Å². The summed E-state index contributed by atoms with van der Waals surface area (Å²) < 4.78 is 4.59. The third-order valence-electron chi connectivity index (χ3n) is 8.40. The van der Waals surface area contributed by atoms with E-state index in [2.05, 4.69) is 149 Å². The van der Waals surface area contributed by atoms with Gasteiger partial charge in [0, 0.05) is 22.0 Å². The van der Waals surface area contributed by atoms with Crippen LogP contribution in [0.2, 0.25) is 0 Å². The van der Waals surface area contributed by atoms with Crippen LogP contribution in [-0.4, -0.2) is 24.3 Å². The molecule has 0 N–H and O–H groups in total. The van der Waals surface area contributed by atoms with Gasteiger partial charge in [-0.15, -0.1) is 10.2 Å². The third-order valence-corrected chi connectivity index (χ3v) is 8.40. The predicted molar refractivity (Wildman–Crippen MR) is 179 cm³/mol. The van der Waals surface area contributed by atoms with Crippen molar-refractivity contribution in [3.63, 3.8) is 0 Å². The molecule has 206 valence electrons. The molecule has 0 saturated carbocycles. The molecule has 5 heteroatoms. The Labute approximate surface area is 253 Å². The molecule has 5 aromatic carbocycles. The van der Waals surface area contributed by atoms with Crippen LogP contribution in [0.4, 0.5) is 0 Å². The molecular formula is C39H25N5. The first-order valence-electron chi connectivity index (χ1n) is 14.7. The van der Waals surface area contributed by atoms with Gasteiger partial charge in [-0.1, -0.05) is 115 Å². The average molecular weight is 564 g/mol. The standard InChI is InChI=1S/C39H25N5/c1-4-14-26(15-5-1)28-24-32(27-16-6-2-7-17-27)40-35(25-28)44-34-23-13-11-21-31(34)37-39(44)38-36(41-42-37)30-20-10-12-22-33(30)43(38)29-18-8-3-9-19-29/h1-25H. The lowest BCUT2D eigenvalue weighted by atomic mass is 10.0. The van der Waals surface area contributed by atoms with Crippen molar-refractivity contribution in [2.24, 2.45) is 0 Å². The molecule has 5 nitrogen and oxygen atoms in total. The molecular weight excluding hydrogens is 538 g/mol. The maximum atomic E-state index is 5.34. The zero-order valence-electron chi connectivity index (χ0n) is 23.7. The van der Waals surface area contributed by atoms with Crippen LogP contribution in [-0.2, 0) is 0 Å². The highest BCUT2D eigenvalue weighted by Gasteiger charge is 2.24. The molecule has 0 spiro atoms. The SMILES string of the molecule is c1ccc(-c2cc(-c3ccccc3)nc(-n3c4ccccc4c4nnc5c6ccccc6n(-c6ccccc6)c5c43)c2)cc1. The van der Waals surface area contributed by atoms with Gasteiger partial charge in [0.2, 0.25) is 0 Å². The maximum Gasteiger partial charge on any atom is 0.139 e. The summed E-state index contributed by atoms with van der Waals surface area (Å²) in [7, 11) is 0. The second-order valence-electron chi connectivity index (χ2n) is 11.0. The number of pyridine rings is 1. The van der Waals surface area contributed by atoms with E-state index in [-0.39, 0.29) is 0 Å². The number of rotatable bonds is 4. The molecule has 0 aliphatic heterocycles. The molecule has 44 heavy (non-hydrogen) atoms. The van der Waals surface area contributed by atoms with Crippen LogP contribution in [0.25, 0.3) is 77.8 Å². The second-order valence-corrected chi connectivity index (χ2v) is 11.0. The van der Waals surface area contributed by atoms with Crippen molar-refractivity contribution in [1.82, 2.24) is 24.3 Å². The number of benzene rings is 5. The second kappa shape index (κ2) is 9.75. The van der Waals surface area contributed by atoms with Crippen LogP contribution in [0.5, 0.6) is 0 Å². The normalized spacial score (nSPS) is 11.6. The minimum Gasteiger partial charge on any atom is -0.306 e. The van der Waals surface area contributed by atoms with E-state index in [4.69, 9.17) is 15.2 Å². The highest BCUT2D eigenvalue weighted by molar-refractivity contribution is 6.20. The van der Waals surface area contributed by atoms with Crippen molar-refractivity contribution in [2.45, 2.75) is 0 Å². The quantitative estimate of drug-likeness (QED) is 0.214. The van der Waals surface area contributed by atoms with E-state index in [0.29, 0.717) is 0 Å². The Hall–Kier alpha value is -6.07. The van der Waals surface area contributed by atoms with E-state index in [0.717, 1.165) is 77.8 Å². The van der Waals surface area contributed by atoms with Crippen molar-refractivity contribution in [3.05, 3.63) is 152 Å². The average Bonchev–Trinajstić information content (AvgIpc) is 3.62. The van der Waals surface area contributed by atoms with E-state index < -0.39 is 0 Å². The molecule has 0 bridgehead atoms. The molecule has 0 unspecified atom stereocenters. The summed E-state index contributed by atoms with van der Waals surface area (Å²) >= 11 is 0. The molecule has 4 aromatic heterocycles. The topological polar surface area (TPSA) is 48.5 Å². The van der Waals surface area contributed by atoms with Crippen molar-refractivity contribution in [2.75, 3.05) is 0 Å². The smallest absolute Gasteiger partial charge is 0.139 e. The summed E-state index contributed by atoms with van der Waals surface area (Å²) in [6, 6.07) is 52.6. The van der Waals surface area contributed by atoms with Gasteiger partial charge in [-0.05, 0) is 47.5 Å². The lowest BCUT2D eigenvalue weighted by Gasteiger charge is -2.14. The summed E-state index contributed by atoms with van der Waals surface area (Å²) in [5.74, 6) is 0.829. The van der Waals surface area contributed by atoms with Gasteiger partial charge in [-0.2, -0.15) is 0 Å². The minimum atomic E-state index is 0.829. The van der Waals surface area contributed by atoms with E-state index in [1.165, 1.54) is 0 Å². The highest BCUT2D eigenvalue weighted by atomic mass is 15.2. The molecule has 4 heterocycles. The first-order chi connectivity index (χ1) is 21.8. The van der Waals surface area contributed by atoms with Crippen molar-refractivity contribution in [3.8, 4) is 33.9 Å². The van der Waals surface area contributed by atoms with Crippen LogP contribution in [0.15, 0.2) is 152 Å². The maximum absolute atomic E-state index is 5.34.